The van der Waals surface area contributed by atoms with E-state index in [1.165, 1.54) is 0 Å². The first-order chi connectivity index (χ1) is 14.7. The summed E-state index contributed by atoms with van der Waals surface area (Å²) in [4.78, 5) is 13.1. The fraction of sp³-hybridized carbons (Fsp3) is 0.458. The number of rotatable bonds is 7. The highest BCUT2D eigenvalue weighted by atomic mass is 32.2. The van der Waals surface area contributed by atoms with E-state index in [2.05, 4.69) is 10.0 Å². The minimum atomic E-state index is -3.69. The van der Waals surface area contributed by atoms with Crippen LogP contribution in [-0.2, 0) is 25.0 Å². The summed E-state index contributed by atoms with van der Waals surface area (Å²) in [7, 11) is -3.69. The summed E-state index contributed by atoms with van der Waals surface area (Å²) in [5.74, 6) is 0.0297. The third kappa shape index (κ3) is 4.48. The average molecular weight is 443 g/mol. The van der Waals surface area contributed by atoms with Gasteiger partial charge in [0.05, 0.1) is 16.4 Å². The number of ether oxygens (including phenoxy) is 1. The number of carbonyl (C=O) groups is 1. The van der Waals surface area contributed by atoms with E-state index in [9.17, 15) is 13.2 Å². The van der Waals surface area contributed by atoms with Crippen LogP contribution >= 0.6 is 0 Å². The molecule has 166 valence electrons. The topological polar surface area (TPSA) is 84.5 Å². The number of sulfonamides is 1. The number of hydrogen-bond acceptors (Lipinski definition) is 4. The van der Waals surface area contributed by atoms with Crippen LogP contribution in [0.5, 0.6) is 0 Å². The Hall–Kier alpha value is -2.38. The Bertz CT molecular complexity index is 1080. The monoisotopic (exact) mass is 442 g/mol. The van der Waals surface area contributed by atoms with Gasteiger partial charge in [-0.05, 0) is 86.9 Å². The molecule has 1 atom stereocenters. The smallest absolute Gasteiger partial charge is 0.262 e. The molecule has 1 amide bonds. The van der Waals surface area contributed by atoms with Crippen molar-refractivity contribution in [2.45, 2.75) is 62.9 Å². The van der Waals surface area contributed by atoms with Crippen molar-refractivity contribution in [2.24, 2.45) is 0 Å². The van der Waals surface area contributed by atoms with Crippen LogP contribution in [0.1, 0.15) is 47.9 Å². The molecular weight excluding hydrogens is 412 g/mol. The maximum Gasteiger partial charge on any atom is 0.262 e. The van der Waals surface area contributed by atoms with Crippen LogP contribution in [0.3, 0.4) is 0 Å². The largest absolute Gasteiger partial charge is 0.376 e. The zero-order chi connectivity index (χ0) is 22.2. The molecule has 0 aromatic heterocycles. The molecule has 31 heavy (non-hydrogen) atoms. The first kappa shape index (κ1) is 21.8. The molecule has 4 rings (SSSR count). The van der Waals surface area contributed by atoms with Gasteiger partial charge in [0.15, 0.2) is 0 Å². The molecule has 1 aliphatic carbocycles. The normalized spacial score (nSPS) is 19.8. The Morgan fingerprint density at radius 2 is 1.74 bits per heavy atom. The van der Waals surface area contributed by atoms with Crippen LogP contribution < -0.4 is 10.0 Å². The number of aryl methyl sites for hydroxylation is 3. The number of hydrogen-bond donors (Lipinski definition) is 2. The van der Waals surface area contributed by atoms with Gasteiger partial charge >= 0.3 is 0 Å². The van der Waals surface area contributed by atoms with Gasteiger partial charge in [-0.1, -0.05) is 18.2 Å². The van der Waals surface area contributed by atoms with Gasteiger partial charge in [-0.15, -0.1) is 0 Å². The summed E-state index contributed by atoms with van der Waals surface area (Å²) < 4.78 is 34.1. The fourth-order valence-electron chi connectivity index (χ4n) is 4.24. The predicted octanol–water partition coefficient (Wildman–Crippen LogP) is 3.74. The molecule has 2 aromatic carbocycles. The number of benzene rings is 2. The summed E-state index contributed by atoms with van der Waals surface area (Å²) in [6.45, 7) is 6.99. The zero-order valence-corrected chi connectivity index (χ0v) is 19.1. The van der Waals surface area contributed by atoms with Crippen molar-refractivity contribution in [2.75, 3.05) is 17.9 Å². The fourth-order valence-corrected chi connectivity index (χ4v) is 5.61. The molecule has 0 spiro atoms. The zero-order valence-electron chi connectivity index (χ0n) is 18.3. The SMILES string of the molecule is Cc1cc(C)c(S(=O)(=O)Nc2ccc(C3(C(=O)NC[C@@H]4CCCO4)CC3)cc2)cc1C. The highest BCUT2D eigenvalue weighted by molar-refractivity contribution is 7.92. The van der Waals surface area contributed by atoms with E-state index in [1.54, 1.807) is 25.1 Å². The predicted molar refractivity (Wildman–Crippen MR) is 121 cm³/mol. The van der Waals surface area contributed by atoms with Gasteiger partial charge in [-0.25, -0.2) is 8.42 Å². The first-order valence-corrected chi connectivity index (χ1v) is 12.3. The van der Waals surface area contributed by atoms with E-state index >= 15 is 0 Å². The third-order valence-corrected chi connectivity index (χ3v) is 7.99. The molecule has 1 heterocycles. The molecule has 0 radical (unpaired) electrons. The Morgan fingerprint density at radius 3 is 2.35 bits per heavy atom. The van der Waals surface area contributed by atoms with Crippen LogP contribution in [0.25, 0.3) is 0 Å². The molecule has 1 saturated heterocycles. The standard InChI is InChI=1S/C24H30N2O4S/c1-16-13-18(3)22(14-17(16)2)31(28,29)26-20-8-6-19(7-9-20)24(10-11-24)23(27)25-15-21-5-4-12-30-21/h6-9,13-14,21,26H,4-5,10-12,15H2,1-3H3,(H,25,27)/t21-/m0/s1. The maximum atomic E-state index is 12.9. The average Bonchev–Trinajstić information content (AvgIpc) is 3.37. The second-order valence-corrected chi connectivity index (χ2v) is 10.5. The van der Waals surface area contributed by atoms with Crippen molar-refractivity contribution >= 4 is 21.6 Å². The highest BCUT2D eigenvalue weighted by Crippen LogP contribution is 2.48. The van der Waals surface area contributed by atoms with Gasteiger partial charge < -0.3 is 10.1 Å². The molecule has 0 unspecified atom stereocenters. The second-order valence-electron chi connectivity index (χ2n) is 8.81. The summed E-state index contributed by atoms with van der Waals surface area (Å²) in [5, 5.41) is 3.04. The lowest BCUT2D eigenvalue weighted by Crippen LogP contribution is -2.39. The van der Waals surface area contributed by atoms with E-state index in [1.807, 2.05) is 32.0 Å². The molecule has 2 aliphatic rings. The van der Waals surface area contributed by atoms with Crippen LogP contribution in [0.15, 0.2) is 41.3 Å². The second kappa shape index (κ2) is 8.28. The van der Waals surface area contributed by atoms with E-state index in [0.717, 1.165) is 49.0 Å². The molecule has 2 aromatic rings. The van der Waals surface area contributed by atoms with Gasteiger partial charge in [0.1, 0.15) is 0 Å². The molecule has 2 N–H and O–H groups in total. The summed E-state index contributed by atoms with van der Waals surface area (Å²) in [6, 6.07) is 10.8. The minimum Gasteiger partial charge on any atom is -0.376 e. The van der Waals surface area contributed by atoms with Gasteiger partial charge in [0.25, 0.3) is 10.0 Å². The van der Waals surface area contributed by atoms with Crippen molar-refractivity contribution in [3.63, 3.8) is 0 Å². The lowest BCUT2D eigenvalue weighted by atomic mass is 9.94. The molecule has 2 fully saturated rings. The van der Waals surface area contributed by atoms with Crippen molar-refractivity contribution in [3.8, 4) is 0 Å². The summed E-state index contributed by atoms with van der Waals surface area (Å²) in [6.07, 6.45) is 3.76. The molecule has 1 saturated carbocycles. The third-order valence-electron chi connectivity index (χ3n) is 6.47. The quantitative estimate of drug-likeness (QED) is 0.684. The molecule has 6 nitrogen and oxygen atoms in total. The van der Waals surface area contributed by atoms with Gasteiger partial charge in [0.2, 0.25) is 5.91 Å². The van der Waals surface area contributed by atoms with Crippen LogP contribution in [-0.4, -0.2) is 33.6 Å². The lowest BCUT2D eigenvalue weighted by Gasteiger charge is -2.18. The Morgan fingerprint density at radius 1 is 1.06 bits per heavy atom. The minimum absolute atomic E-state index is 0.0297. The lowest BCUT2D eigenvalue weighted by molar-refractivity contribution is -0.124. The first-order valence-electron chi connectivity index (χ1n) is 10.8. The van der Waals surface area contributed by atoms with Crippen molar-refractivity contribution in [1.82, 2.24) is 5.32 Å². The van der Waals surface area contributed by atoms with E-state index in [0.29, 0.717) is 17.8 Å². The molecule has 1 aliphatic heterocycles. The molecule has 0 bridgehead atoms. The maximum absolute atomic E-state index is 12.9. The van der Waals surface area contributed by atoms with E-state index < -0.39 is 15.4 Å². The van der Waals surface area contributed by atoms with Crippen molar-refractivity contribution in [3.05, 3.63) is 58.7 Å². The van der Waals surface area contributed by atoms with Gasteiger partial charge in [0, 0.05) is 18.8 Å². The van der Waals surface area contributed by atoms with Crippen LogP contribution in [0.2, 0.25) is 0 Å². The number of amides is 1. The number of anilines is 1. The molecule has 7 heteroatoms. The number of carbonyl (C=O) groups excluding carboxylic acids is 1. The van der Waals surface area contributed by atoms with E-state index in [-0.39, 0.29) is 16.9 Å². The van der Waals surface area contributed by atoms with Crippen LogP contribution in [0.4, 0.5) is 5.69 Å². The van der Waals surface area contributed by atoms with Gasteiger partial charge in [-0.2, -0.15) is 0 Å². The van der Waals surface area contributed by atoms with Crippen molar-refractivity contribution < 1.29 is 17.9 Å². The highest BCUT2D eigenvalue weighted by Gasteiger charge is 2.51. The van der Waals surface area contributed by atoms with Crippen molar-refractivity contribution in [1.29, 1.82) is 0 Å². The van der Waals surface area contributed by atoms with Gasteiger partial charge in [-0.3, -0.25) is 9.52 Å². The summed E-state index contributed by atoms with van der Waals surface area (Å²) in [5.41, 5.74) is 3.62. The Labute approximate surface area is 184 Å². The molecular formula is C24H30N2O4S. The van der Waals surface area contributed by atoms with E-state index in [4.69, 9.17) is 4.74 Å². The summed E-state index contributed by atoms with van der Waals surface area (Å²) >= 11 is 0. The van der Waals surface area contributed by atoms with Crippen LogP contribution in [0, 0.1) is 20.8 Å². The Balaban J connectivity index is 1.45. The number of nitrogens with one attached hydrogen (secondary N) is 2. The Kier molecular flexibility index (Phi) is 5.83.